The minimum absolute atomic E-state index is 0.0487. The van der Waals surface area contributed by atoms with Gasteiger partial charge in [-0.25, -0.2) is 11.3 Å². The highest BCUT2D eigenvalue weighted by Gasteiger charge is 2.50. The Morgan fingerprint density at radius 3 is 2.42 bits per heavy atom. The number of ketones is 3. The van der Waals surface area contributed by atoms with Crippen molar-refractivity contribution >= 4 is 29.2 Å². The zero-order chi connectivity index (χ0) is 34.8. The number of hydrogen-bond acceptors (Lipinski definition) is 16. The summed E-state index contributed by atoms with van der Waals surface area (Å²) in [4.78, 5) is 64.5. The van der Waals surface area contributed by atoms with E-state index in [2.05, 4.69) is 5.43 Å². The molecule has 2 aromatic carbocycles. The van der Waals surface area contributed by atoms with Crippen molar-refractivity contribution in [1.82, 2.24) is 15.7 Å². The Bertz CT molecular complexity index is 1780. The van der Waals surface area contributed by atoms with Crippen LogP contribution in [0, 0.1) is 0 Å². The van der Waals surface area contributed by atoms with Crippen molar-refractivity contribution in [2.24, 2.45) is 5.84 Å². The molecular weight excluding hydrogens is 636 g/mol. The van der Waals surface area contributed by atoms with Crippen LogP contribution in [0.1, 0.15) is 68.8 Å². The number of phenols is 2. The number of aliphatic hydroxyl groups excluding tert-OH is 2. The zero-order valence-corrected chi connectivity index (χ0v) is 25.6. The van der Waals surface area contributed by atoms with Crippen LogP contribution in [0.3, 0.4) is 0 Å². The fourth-order valence-corrected chi connectivity index (χ4v) is 6.68. The number of methoxy groups -OCH3 is 1. The Morgan fingerprint density at radius 2 is 1.77 bits per heavy atom. The van der Waals surface area contributed by atoms with E-state index in [0.29, 0.717) is 10.2 Å². The number of amides is 2. The van der Waals surface area contributed by atoms with Crippen molar-refractivity contribution < 1.29 is 63.7 Å². The number of hydrazine groups is 3. The van der Waals surface area contributed by atoms with E-state index in [-0.39, 0.29) is 34.4 Å². The second kappa shape index (κ2) is 12.1. The van der Waals surface area contributed by atoms with Gasteiger partial charge in [-0.2, -0.15) is 5.01 Å². The predicted molar refractivity (Wildman–Crippen MR) is 158 cm³/mol. The highest BCUT2D eigenvalue weighted by atomic mass is 16.7. The summed E-state index contributed by atoms with van der Waals surface area (Å²) in [5.74, 6) is 0.248. The van der Waals surface area contributed by atoms with Crippen LogP contribution in [-0.4, -0.2) is 109 Å². The van der Waals surface area contributed by atoms with Gasteiger partial charge in [0.1, 0.15) is 29.5 Å². The molecule has 2 aromatic rings. The first-order valence-electron chi connectivity index (χ1n) is 14.8. The molecule has 4 unspecified atom stereocenters. The topological polar surface area (TPSA) is 259 Å². The maximum atomic E-state index is 13.8. The number of nitrogens with zero attached hydrogens (tertiary/aromatic N) is 2. The first-order chi connectivity index (χ1) is 22.7. The summed E-state index contributed by atoms with van der Waals surface area (Å²) in [6, 6.07) is 3.26. The summed E-state index contributed by atoms with van der Waals surface area (Å²) < 4.78 is 17.3. The summed E-state index contributed by atoms with van der Waals surface area (Å²) >= 11 is 0. The van der Waals surface area contributed by atoms with Crippen LogP contribution < -0.4 is 16.0 Å². The molecule has 2 aliphatic carbocycles. The number of nitrogens with one attached hydrogen (secondary N) is 1. The second-order valence-corrected chi connectivity index (χ2v) is 11.9. The number of imide groups is 1. The number of benzene rings is 2. The van der Waals surface area contributed by atoms with Gasteiger partial charge in [-0.15, -0.1) is 0 Å². The van der Waals surface area contributed by atoms with Crippen molar-refractivity contribution in [3.63, 3.8) is 0 Å². The number of nitrogens with two attached hydrogens (primary N) is 1. The molecule has 2 amide bonds. The Morgan fingerprint density at radius 1 is 1.10 bits per heavy atom. The van der Waals surface area contributed by atoms with E-state index < -0.39 is 107 Å². The normalized spacial score (nSPS) is 28.1. The molecule has 2 aliphatic heterocycles. The van der Waals surface area contributed by atoms with Gasteiger partial charge in [-0.3, -0.25) is 24.0 Å². The molecule has 254 valence electrons. The molecule has 1 saturated heterocycles. The van der Waals surface area contributed by atoms with E-state index in [0.717, 1.165) is 12.2 Å². The monoisotopic (exact) mass is 668 g/mol. The van der Waals surface area contributed by atoms with Crippen LogP contribution in [0.2, 0.25) is 0 Å². The van der Waals surface area contributed by atoms with Gasteiger partial charge in [0, 0.05) is 48.1 Å². The Labute approximate surface area is 271 Å². The van der Waals surface area contributed by atoms with Crippen LogP contribution in [-0.2, 0) is 30.3 Å². The van der Waals surface area contributed by atoms with Crippen molar-refractivity contribution in [3.8, 4) is 17.2 Å². The van der Waals surface area contributed by atoms with Gasteiger partial charge in [-0.1, -0.05) is 17.4 Å². The van der Waals surface area contributed by atoms with E-state index in [1.165, 1.54) is 32.2 Å². The average molecular weight is 669 g/mol. The number of aromatic hydroxyl groups is 2. The highest BCUT2D eigenvalue weighted by molar-refractivity contribution is 6.31. The summed E-state index contributed by atoms with van der Waals surface area (Å²) in [6.45, 7) is 0.393. The minimum Gasteiger partial charge on any atom is -0.507 e. The third-order valence-corrected chi connectivity index (χ3v) is 9.06. The number of hydrogen-bond donors (Lipinski definition) is 7. The highest BCUT2D eigenvalue weighted by Crippen LogP contribution is 2.52. The molecule has 17 nitrogen and oxygen atoms in total. The Balaban J connectivity index is 1.39. The smallest absolute Gasteiger partial charge is 0.270 e. The Hall–Kier alpha value is -4.59. The lowest BCUT2D eigenvalue weighted by Gasteiger charge is -2.43. The SMILES string of the molecule is COc1cccc2c1C(=O)c1c(O)c3c(c(O)c1C2=O)C[C@@](O)(C(=O)CO)C[C@@H]3OC1CC(NN(N)N2C(=O)C=CC2=O)C(O)C(C)O1. The number of carbonyl (C=O) groups excluding carboxylic acids is 5. The van der Waals surface area contributed by atoms with Gasteiger partial charge in [0.25, 0.3) is 11.8 Å². The third-order valence-electron chi connectivity index (χ3n) is 9.06. The molecule has 2 heterocycles. The molecule has 0 aromatic heterocycles. The number of rotatable bonds is 8. The van der Waals surface area contributed by atoms with Crippen LogP contribution >= 0.6 is 0 Å². The molecule has 0 saturated carbocycles. The summed E-state index contributed by atoms with van der Waals surface area (Å²) in [7, 11) is 1.29. The number of phenolic OH excluding ortho intramolecular Hbond substituents is 2. The molecule has 0 bridgehead atoms. The van der Waals surface area contributed by atoms with E-state index in [1.807, 2.05) is 0 Å². The first kappa shape index (κ1) is 33.3. The van der Waals surface area contributed by atoms with Crippen LogP contribution in [0.25, 0.3) is 0 Å². The molecule has 8 N–H and O–H groups in total. The lowest BCUT2D eigenvalue weighted by atomic mass is 9.72. The lowest BCUT2D eigenvalue weighted by molar-refractivity contribution is -0.256. The standard InChI is InChI=1S/C31H32N4O13/c1-12-26(40)15(33-35(32)34-19(38)6-7-20(34)39)8-21(47-12)48-17-10-31(45,18(37)11-36)9-14-23(17)30(44)25-24(28(14)42)27(41)13-4-3-5-16(46-2)22(13)29(25)43/h3-7,12,15,17,21,26,33,36,40,42,44-45H,8-11,32H2,1-2H3/t12?,15?,17-,21?,26?,31-/m0/s1. The third kappa shape index (κ3) is 5.17. The zero-order valence-electron chi connectivity index (χ0n) is 25.6. The van der Waals surface area contributed by atoms with Crippen LogP contribution in [0.5, 0.6) is 17.2 Å². The fraction of sp³-hybridized carbons (Fsp3) is 0.387. The van der Waals surface area contributed by atoms with Gasteiger partial charge >= 0.3 is 0 Å². The average Bonchev–Trinajstić information content (AvgIpc) is 3.39. The van der Waals surface area contributed by atoms with Crippen molar-refractivity contribution in [2.75, 3.05) is 13.7 Å². The molecule has 0 radical (unpaired) electrons. The Kier molecular flexibility index (Phi) is 8.42. The quantitative estimate of drug-likeness (QED) is 0.0628. The van der Waals surface area contributed by atoms with Gasteiger partial charge in [0.15, 0.2) is 17.9 Å². The molecule has 0 spiro atoms. The summed E-state index contributed by atoms with van der Waals surface area (Å²) in [5, 5.41) is 56.3. The van der Waals surface area contributed by atoms with Crippen LogP contribution in [0.4, 0.5) is 0 Å². The molecule has 6 rings (SSSR count). The fourth-order valence-electron chi connectivity index (χ4n) is 6.68. The molecule has 4 aliphatic rings. The molecule has 1 fully saturated rings. The van der Waals surface area contributed by atoms with Crippen molar-refractivity contribution in [3.05, 3.63) is 63.7 Å². The largest absolute Gasteiger partial charge is 0.507 e. The van der Waals surface area contributed by atoms with Gasteiger partial charge in [0.2, 0.25) is 5.78 Å². The van der Waals surface area contributed by atoms with E-state index in [4.69, 9.17) is 20.1 Å². The van der Waals surface area contributed by atoms with E-state index in [9.17, 15) is 49.5 Å². The summed E-state index contributed by atoms with van der Waals surface area (Å²) in [6.07, 6.45) is -4.48. The lowest BCUT2D eigenvalue weighted by Crippen LogP contribution is -2.65. The number of fused-ring (bicyclic) bond motifs is 3. The molecule has 6 atom stereocenters. The van der Waals surface area contributed by atoms with Gasteiger partial charge < -0.3 is 39.7 Å². The van der Waals surface area contributed by atoms with Crippen molar-refractivity contribution in [2.45, 2.75) is 62.4 Å². The van der Waals surface area contributed by atoms with Crippen molar-refractivity contribution in [1.29, 1.82) is 0 Å². The molecule has 48 heavy (non-hydrogen) atoms. The minimum atomic E-state index is -2.36. The predicted octanol–water partition coefficient (Wildman–Crippen LogP) is -1.44. The van der Waals surface area contributed by atoms with E-state index in [1.54, 1.807) is 0 Å². The van der Waals surface area contributed by atoms with Gasteiger partial charge in [-0.05, 0) is 13.0 Å². The maximum Gasteiger partial charge on any atom is 0.270 e. The van der Waals surface area contributed by atoms with Gasteiger partial charge in [0.05, 0.1) is 48.2 Å². The number of ether oxygens (including phenoxy) is 3. The molecular formula is C31H32N4O13. The number of aliphatic hydroxyl groups is 3. The van der Waals surface area contributed by atoms with Crippen LogP contribution in [0.15, 0.2) is 30.4 Å². The second-order valence-electron chi connectivity index (χ2n) is 11.9. The first-order valence-corrected chi connectivity index (χ1v) is 14.8. The number of carbonyl (C=O) groups is 5. The molecule has 17 heteroatoms. The maximum absolute atomic E-state index is 13.8. The summed E-state index contributed by atoms with van der Waals surface area (Å²) in [5.41, 5.74) is -1.53. The van der Waals surface area contributed by atoms with E-state index >= 15 is 0 Å². The number of Topliss-reactive ketones (excluding diaryl/α,β-unsaturated/α-hetero) is 1.